The summed E-state index contributed by atoms with van der Waals surface area (Å²) in [6, 6.07) is 2.58. The van der Waals surface area contributed by atoms with E-state index < -0.39 is 6.04 Å². The van der Waals surface area contributed by atoms with E-state index in [-0.39, 0.29) is 5.82 Å². The molecule has 1 aliphatic heterocycles. The third kappa shape index (κ3) is 1.90. The fourth-order valence-corrected chi connectivity index (χ4v) is 1.97. The molecule has 0 aliphatic carbocycles. The third-order valence-corrected chi connectivity index (χ3v) is 3.18. The molecule has 86 valence electrons. The molecule has 5 heteroatoms. The van der Waals surface area contributed by atoms with E-state index in [1.54, 1.807) is 13.0 Å². The normalized spacial score (nSPS) is 16.9. The molecule has 3 N–H and O–H groups in total. The molecule has 0 bridgehead atoms. The van der Waals surface area contributed by atoms with Crippen molar-refractivity contribution in [1.29, 1.82) is 0 Å². The highest BCUT2D eigenvalue weighted by molar-refractivity contribution is 6.32. The van der Waals surface area contributed by atoms with Crippen molar-refractivity contribution in [3.63, 3.8) is 0 Å². The summed E-state index contributed by atoms with van der Waals surface area (Å²) in [4.78, 5) is 4.23. The summed E-state index contributed by atoms with van der Waals surface area (Å²) in [5.41, 5.74) is 7.15. The molecule has 0 amide bonds. The molecule has 1 unspecified atom stereocenters. The van der Waals surface area contributed by atoms with Crippen LogP contribution in [0.2, 0.25) is 5.02 Å². The van der Waals surface area contributed by atoms with Gasteiger partial charge in [0.15, 0.2) is 0 Å². The number of rotatable bonds is 2. The van der Waals surface area contributed by atoms with E-state index in [2.05, 4.69) is 10.3 Å². The summed E-state index contributed by atoms with van der Waals surface area (Å²) in [7, 11) is 0. The highest BCUT2D eigenvalue weighted by Gasteiger charge is 2.20. The first-order chi connectivity index (χ1) is 7.61. The van der Waals surface area contributed by atoms with Crippen LogP contribution in [0.4, 0.5) is 4.39 Å². The summed E-state index contributed by atoms with van der Waals surface area (Å²) >= 11 is 6.07. The Morgan fingerprint density at radius 1 is 1.56 bits per heavy atom. The van der Waals surface area contributed by atoms with Gasteiger partial charge in [0.05, 0.1) is 17.6 Å². The second-order valence-electron chi connectivity index (χ2n) is 3.75. The van der Waals surface area contributed by atoms with Crippen LogP contribution in [0, 0.1) is 12.7 Å². The Morgan fingerprint density at radius 3 is 2.94 bits per heavy atom. The SMILES string of the molecule is Cc1c(F)ccc(C(N)C2=NCCN2)c1Cl. The Labute approximate surface area is 98.5 Å². The van der Waals surface area contributed by atoms with Gasteiger partial charge in [0.2, 0.25) is 0 Å². The molecular weight excluding hydrogens is 229 g/mol. The van der Waals surface area contributed by atoms with E-state index in [9.17, 15) is 4.39 Å². The average Bonchev–Trinajstić information content (AvgIpc) is 2.79. The summed E-state index contributed by atoms with van der Waals surface area (Å²) in [6.07, 6.45) is 0. The number of hydrogen-bond acceptors (Lipinski definition) is 3. The number of aliphatic imine (C=N–C) groups is 1. The maximum atomic E-state index is 13.2. The topological polar surface area (TPSA) is 50.4 Å². The molecular formula is C11H13ClFN3. The van der Waals surface area contributed by atoms with Crippen LogP contribution < -0.4 is 11.1 Å². The Bertz CT molecular complexity index is 445. The van der Waals surface area contributed by atoms with Gasteiger partial charge in [-0.1, -0.05) is 17.7 Å². The zero-order valence-electron chi connectivity index (χ0n) is 8.93. The first-order valence-corrected chi connectivity index (χ1v) is 5.47. The van der Waals surface area contributed by atoms with Crippen LogP contribution >= 0.6 is 11.6 Å². The number of nitrogens with zero attached hydrogens (tertiary/aromatic N) is 1. The van der Waals surface area contributed by atoms with Gasteiger partial charge in [-0.3, -0.25) is 4.99 Å². The van der Waals surface area contributed by atoms with Crippen molar-refractivity contribution < 1.29 is 4.39 Å². The van der Waals surface area contributed by atoms with Crippen molar-refractivity contribution in [1.82, 2.24) is 5.32 Å². The van der Waals surface area contributed by atoms with Crippen molar-refractivity contribution in [2.24, 2.45) is 10.7 Å². The van der Waals surface area contributed by atoms with E-state index >= 15 is 0 Å². The third-order valence-electron chi connectivity index (χ3n) is 2.68. The molecule has 1 aliphatic rings. The monoisotopic (exact) mass is 241 g/mol. The highest BCUT2D eigenvalue weighted by atomic mass is 35.5. The minimum absolute atomic E-state index is 0.317. The molecule has 1 aromatic rings. The van der Waals surface area contributed by atoms with Crippen LogP contribution in [-0.4, -0.2) is 18.9 Å². The van der Waals surface area contributed by atoms with Crippen molar-refractivity contribution in [3.8, 4) is 0 Å². The molecule has 0 saturated carbocycles. The average molecular weight is 242 g/mol. The van der Waals surface area contributed by atoms with Crippen LogP contribution in [-0.2, 0) is 0 Å². The summed E-state index contributed by atoms with van der Waals surface area (Å²) in [5, 5.41) is 3.47. The minimum atomic E-state index is -0.408. The van der Waals surface area contributed by atoms with Crippen LogP contribution in [0.3, 0.4) is 0 Å². The molecule has 1 atom stereocenters. The molecule has 0 aromatic heterocycles. The lowest BCUT2D eigenvalue weighted by molar-refractivity contribution is 0.617. The fourth-order valence-electron chi connectivity index (χ4n) is 1.69. The Kier molecular flexibility index (Phi) is 3.12. The van der Waals surface area contributed by atoms with E-state index in [4.69, 9.17) is 17.3 Å². The number of amidine groups is 1. The van der Waals surface area contributed by atoms with Gasteiger partial charge in [0.1, 0.15) is 11.7 Å². The zero-order chi connectivity index (χ0) is 11.7. The molecule has 1 aromatic carbocycles. The lowest BCUT2D eigenvalue weighted by Gasteiger charge is -2.15. The molecule has 0 radical (unpaired) electrons. The number of hydrogen-bond donors (Lipinski definition) is 2. The molecule has 0 saturated heterocycles. The van der Waals surface area contributed by atoms with Gasteiger partial charge in [0, 0.05) is 12.1 Å². The Hall–Kier alpha value is -1.13. The first-order valence-electron chi connectivity index (χ1n) is 5.09. The summed E-state index contributed by atoms with van der Waals surface area (Å²) < 4.78 is 13.2. The number of benzene rings is 1. The van der Waals surface area contributed by atoms with Gasteiger partial charge in [-0.15, -0.1) is 0 Å². The predicted octanol–water partition coefficient (Wildman–Crippen LogP) is 1.79. The molecule has 1 heterocycles. The maximum absolute atomic E-state index is 13.2. The van der Waals surface area contributed by atoms with Crippen LogP contribution in [0.15, 0.2) is 17.1 Å². The molecule has 0 fully saturated rings. The van der Waals surface area contributed by atoms with Crippen molar-refractivity contribution in [2.75, 3.05) is 13.1 Å². The zero-order valence-corrected chi connectivity index (χ0v) is 9.68. The van der Waals surface area contributed by atoms with Crippen molar-refractivity contribution in [2.45, 2.75) is 13.0 Å². The van der Waals surface area contributed by atoms with Crippen molar-refractivity contribution >= 4 is 17.4 Å². The molecule has 0 spiro atoms. The van der Waals surface area contributed by atoms with E-state index in [0.717, 1.165) is 13.1 Å². The van der Waals surface area contributed by atoms with E-state index in [0.29, 0.717) is 22.0 Å². The van der Waals surface area contributed by atoms with Gasteiger partial charge < -0.3 is 11.1 Å². The number of nitrogens with one attached hydrogen (secondary N) is 1. The van der Waals surface area contributed by atoms with Crippen LogP contribution in [0.5, 0.6) is 0 Å². The standard InChI is InChI=1S/C11H13ClFN3/c1-6-8(13)3-2-7(9(6)12)10(14)11-15-4-5-16-11/h2-3,10H,4-5,14H2,1H3,(H,15,16). The highest BCUT2D eigenvalue weighted by Crippen LogP contribution is 2.27. The largest absolute Gasteiger partial charge is 0.370 e. The van der Waals surface area contributed by atoms with Crippen molar-refractivity contribution in [3.05, 3.63) is 34.1 Å². The fraction of sp³-hybridized carbons (Fsp3) is 0.364. The van der Waals surface area contributed by atoms with Crippen LogP contribution in [0.1, 0.15) is 17.2 Å². The number of halogens is 2. The molecule has 16 heavy (non-hydrogen) atoms. The number of nitrogens with two attached hydrogens (primary N) is 1. The van der Waals surface area contributed by atoms with E-state index in [1.165, 1.54) is 6.07 Å². The Balaban J connectivity index is 2.37. The van der Waals surface area contributed by atoms with E-state index in [1.807, 2.05) is 0 Å². The Morgan fingerprint density at radius 2 is 2.31 bits per heavy atom. The summed E-state index contributed by atoms with van der Waals surface area (Å²) in [6.45, 7) is 3.15. The van der Waals surface area contributed by atoms with Gasteiger partial charge in [-0.2, -0.15) is 0 Å². The lowest BCUT2D eigenvalue weighted by Crippen LogP contribution is -2.31. The van der Waals surface area contributed by atoms with Gasteiger partial charge in [0.25, 0.3) is 0 Å². The van der Waals surface area contributed by atoms with Crippen LogP contribution in [0.25, 0.3) is 0 Å². The maximum Gasteiger partial charge on any atom is 0.127 e. The minimum Gasteiger partial charge on any atom is -0.370 e. The molecule has 3 nitrogen and oxygen atoms in total. The predicted molar refractivity (Wildman–Crippen MR) is 63.4 cm³/mol. The molecule has 2 rings (SSSR count). The van der Waals surface area contributed by atoms with Gasteiger partial charge >= 0.3 is 0 Å². The second-order valence-corrected chi connectivity index (χ2v) is 4.12. The smallest absolute Gasteiger partial charge is 0.127 e. The second kappa shape index (κ2) is 4.39. The first kappa shape index (κ1) is 11.4. The lowest BCUT2D eigenvalue weighted by atomic mass is 10.0. The summed E-state index contributed by atoms with van der Waals surface area (Å²) in [5.74, 6) is 0.398. The quantitative estimate of drug-likeness (QED) is 0.830. The van der Waals surface area contributed by atoms with Gasteiger partial charge in [-0.05, 0) is 18.6 Å². The van der Waals surface area contributed by atoms with Gasteiger partial charge in [-0.25, -0.2) is 4.39 Å².